The van der Waals surface area contributed by atoms with Gasteiger partial charge in [0.2, 0.25) is 0 Å². The van der Waals surface area contributed by atoms with E-state index in [0.29, 0.717) is 0 Å². The fraction of sp³-hybridized carbons (Fsp3) is 0.800. The number of rotatable bonds is 7. The van der Waals surface area contributed by atoms with Gasteiger partial charge in [-0.1, -0.05) is 0 Å². The zero-order valence-electron chi connectivity index (χ0n) is 10.5. The van der Waals surface area contributed by atoms with E-state index in [1.807, 2.05) is 0 Å². The van der Waals surface area contributed by atoms with E-state index in [1.54, 1.807) is 5.32 Å². The van der Waals surface area contributed by atoms with Crippen LogP contribution in [0.4, 0.5) is 22.4 Å². The minimum atomic E-state index is -4.31. The monoisotopic (exact) mass is 288 g/mol. The van der Waals surface area contributed by atoms with E-state index in [4.69, 9.17) is 5.11 Å². The van der Waals surface area contributed by atoms with Crippen molar-refractivity contribution < 1.29 is 32.3 Å². The zero-order chi connectivity index (χ0) is 15.2. The number of nitrogens with one attached hydrogen (secondary N) is 1. The lowest BCUT2D eigenvalue weighted by molar-refractivity contribution is -0.138. The van der Waals surface area contributed by atoms with Crippen LogP contribution in [0.15, 0.2) is 0 Å². The van der Waals surface area contributed by atoms with Crippen LogP contribution in [-0.4, -0.2) is 53.5 Å². The van der Waals surface area contributed by atoms with Crippen molar-refractivity contribution in [2.45, 2.75) is 38.7 Å². The van der Waals surface area contributed by atoms with Gasteiger partial charge in [0.1, 0.15) is 0 Å². The number of alkyl halides is 4. The molecule has 9 heteroatoms. The van der Waals surface area contributed by atoms with Crippen molar-refractivity contribution in [2.24, 2.45) is 0 Å². The van der Waals surface area contributed by atoms with Crippen molar-refractivity contribution in [1.82, 2.24) is 10.2 Å². The fourth-order valence-corrected chi connectivity index (χ4v) is 1.39. The lowest BCUT2D eigenvalue weighted by atomic mass is 10.2. The lowest BCUT2D eigenvalue weighted by Crippen LogP contribution is -2.50. The van der Waals surface area contributed by atoms with Crippen LogP contribution in [0.25, 0.3) is 0 Å². The molecule has 0 bridgehead atoms. The Morgan fingerprint density at radius 3 is 2.26 bits per heavy atom. The van der Waals surface area contributed by atoms with Crippen LogP contribution < -0.4 is 5.32 Å². The average molecular weight is 288 g/mol. The van der Waals surface area contributed by atoms with E-state index >= 15 is 0 Å². The van der Waals surface area contributed by atoms with Gasteiger partial charge in [0.15, 0.2) is 0 Å². The maximum atomic E-state index is 12.6. The number of aliphatic carboxylic acids is 1. The second-order valence-corrected chi connectivity index (χ2v) is 3.95. The molecule has 0 aromatic heterocycles. The third-order valence-corrected chi connectivity index (χ3v) is 2.40. The van der Waals surface area contributed by atoms with Gasteiger partial charge < -0.3 is 15.3 Å². The summed E-state index contributed by atoms with van der Waals surface area (Å²) >= 11 is 0. The Morgan fingerprint density at radius 2 is 1.89 bits per heavy atom. The van der Waals surface area contributed by atoms with E-state index in [2.05, 4.69) is 0 Å². The molecule has 0 spiro atoms. The average Bonchev–Trinajstić information content (AvgIpc) is 2.26. The van der Waals surface area contributed by atoms with E-state index < -0.39 is 36.9 Å². The minimum Gasteiger partial charge on any atom is -0.481 e. The van der Waals surface area contributed by atoms with Crippen LogP contribution in [0, 0.1) is 0 Å². The molecule has 1 unspecified atom stereocenters. The highest BCUT2D eigenvalue weighted by atomic mass is 19.3. The number of nitrogens with zero attached hydrogens (tertiary/aromatic N) is 1. The Morgan fingerprint density at radius 1 is 1.37 bits per heavy atom. The normalized spacial score (nSPS) is 13.2. The molecule has 0 saturated carbocycles. The molecule has 2 N–H and O–H groups in total. The lowest BCUT2D eigenvalue weighted by Gasteiger charge is -2.28. The van der Waals surface area contributed by atoms with Gasteiger partial charge in [-0.05, 0) is 13.8 Å². The van der Waals surface area contributed by atoms with Crippen molar-refractivity contribution in [3.8, 4) is 0 Å². The first-order valence-electron chi connectivity index (χ1n) is 5.54. The van der Waals surface area contributed by atoms with Gasteiger partial charge in [0, 0.05) is 12.6 Å². The smallest absolute Gasteiger partial charge is 0.324 e. The highest BCUT2D eigenvalue weighted by Crippen LogP contribution is 2.21. The van der Waals surface area contributed by atoms with Crippen LogP contribution in [0.3, 0.4) is 0 Å². The molecule has 0 radical (unpaired) electrons. The van der Waals surface area contributed by atoms with Crippen molar-refractivity contribution in [1.29, 1.82) is 0 Å². The summed E-state index contributed by atoms with van der Waals surface area (Å²) in [6.07, 6.45) is -4.24. The van der Waals surface area contributed by atoms with Gasteiger partial charge in [0.25, 0.3) is 0 Å². The summed E-state index contributed by atoms with van der Waals surface area (Å²) in [5, 5.41) is 10.2. The number of carbonyl (C=O) groups is 2. The third kappa shape index (κ3) is 5.75. The maximum absolute atomic E-state index is 12.6. The minimum absolute atomic E-state index is 0.0700. The predicted molar refractivity (Wildman–Crippen MR) is 58.4 cm³/mol. The summed E-state index contributed by atoms with van der Waals surface area (Å²) in [4.78, 5) is 23.0. The Kier molecular flexibility index (Phi) is 6.57. The number of hydrogen-bond donors (Lipinski definition) is 2. The fourth-order valence-electron chi connectivity index (χ4n) is 1.39. The number of urea groups is 1. The molecule has 0 aromatic rings. The second-order valence-electron chi connectivity index (χ2n) is 3.95. The zero-order valence-corrected chi connectivity index (χ0v) is 10.5. The Labute approximate surface area is 107 Å². The van der Waals surface area contributed by atoms with Crippen LogP contribution in [0.1, 0.15) is 20.3 Å². The highest BCUT2D eigenvalue weighted by molar-refractivity contribution is 5.76. The predicted octanol–water partition coefficient (Wildman–Crippen LogP) is 1.78. The Bertz CT molecular complexity index is 326. The summed E-state index contributed by atoms with van der Waals surface area (Å²) in [6.45, 7) is 1.51. The summed E-state index contributed by atoms with van der Waals surface area (Å²) in [6, 6.07) is -1.74. The van der Waals surface area contributed by atoms with Gasteiger partial charge in [0.05, 0.1) is 13.0 Å². The van der Waals surface area contributed by atoms with Crippen LogP contribution in [0.5, 0.6) is 0 Å². The molecule has 0 aliphatic rings. The first-order chi connectivity index (χ1) is 8.61. The molecule has 0 heterocycles. The van der Waals surface area contributed by atoms with Gasteiger partial charge in [-0.15, -0.1) is 0 Å². The first kappa shape index (κ1) is 17.5. The van der Waals surface area contributed by atoms with Gasteiger partial charge in [-0.3, -0.25) is 4.79 Å². The standard InChI is InChI=1S/C10H16F4N2O3/c1-3-16(6(2)4-7(17)18)9(19)15-5-10(13,14)8(11)12/h6,8H,3-5H2,1-2H3,(H,15,19)(H,17,18). The molecule has 0 aliphatic heterocycles. The van der Waals surface area contributed by atoms with Crippen LogP contribution in [0.2, 0.25) is 0 Å². The van der Waals surface area contributed by atoms with E-state index in [9.17, 15) is 27.2 Å². The molecule has 0 aromatic carbocycles. The van der Waals surface area contributed by atoms with E-state index in [0.717, 1.165) is 4.90 Å². The molecule has 19 heavy (non-hydrogen) atoms. The molecular weight excluding hydrogens is 272 g/mol. The molecule has 0 fully saturated rings. The Hall–Kier alpha value is -1.54. The molecule has 112 valence electrons. The Balaban J connectivity index is 4.49. The number of amides is 2. The molecular formula is C10H16F4N2O3. The van der Waals surface area contributed by atoms with Crippen LogP contribution in [-0.2, 0) is 4.79 Å². The number of carboxylic acid groups (broad SMARTS) is 1. The molecule has 2 amide bonds. The first-order valence-corrected chi connectivity index (χ1v) is 5.54. The van der Waals surface area contributed by atoms with Gasteiger partial charge in [-0.25, -0.2) is 13.6 Å². The molecule has 0 aliphatic carbocycles. The summed E-state index contributed by atoms with van der Waals surface area (Å²) in [5.41, 5.74) is 0. The van der Waals surface area contributed by atoms with E-state index in [1.165, 1.54) is 13.8 Å². The number of hydrogen-bond acceptors (Lipinski definition) is 2. The van der Waals surface area contributed by atoms with Crippen molar-refractivity contribution in [2.75, 3.05) is 13.1 Å². The maximum Gasteiger partial charge on any atom is 0.324 e. The molecule has 0 rings (SSSR count). The largest absolute Gasteiger partial charge is 0.481 e. The topological polar surface area (TPSA) is 69.6 Å². The van der Waals surface area contributed by atoms with Crippen molar-refractivity contribution >= 4 is 12.0 Å². The summed E-state index contributed by atoms with van der Waals surface area (Å²) in [7, 11) is 0. The van der Waals surface area contributed by atoms with E-state index in [-0.39, 0.29) is 13.0 Å². The summed E-state index contributed by atoms with van der Waals surface area (Å²) < 4.78 is 49.0. The quantitative estimate of drug-likeness (QED) is 0.702. The SMILES string of the molecule is CCN(C(=O)NCC(F)(F)C(F)F)C(C)CC(=O)O. The number of carbonyl (C=O) groups excluding carboxylic acids is 1. The van der Waals surface area contributed by atoms with Crippen molar-refractivity contribution in [3.05, 3.63) is 0 Å². The number of halogens is 4. The number of carboxylic acids is 1. The highest BCUT2D eigenvalue weighted by Gasteiger charge is 2.41. The molecule has 5 nitrogen and oxygen atoms in total. The molecule has 1 atom stereocenters. The van der Waals surface area contributed by atoms with Gasteiger partial charge in [-0.2, -0.15) is 8.78 Å². The second kappa shape index (κ2) is 7.15. The van der Waals surface area contributed by atoms with Crippen molar-refractivity contribution in [3.63, 3.8) is 0 Å². The van der Waals surface area contributed by atoms with Crippen LogP contribution >= 0.6 is 0 Å². The van der Waals surface area contributed by atoms with Gasteiger partial charge >= 0.3 is 24.3 Å². The third-order valence-electron chi connectivity index (χ3n) is 2.40. The summed E-state index contributed by atoms with van der Waals surface area (Å²) in [5.74, 6) is -5.47. The molecule has 0 saturated heterocycles.